The van der Waals surface area contributed by atoms with Crippen LogP contribution in [0.3, 0.4) is 0 Å². The molecule has 0 aliphatic rings. The first-order valence-electron chi connectivity index (χ1n) is 6.85. The van der Waals surface area contributed by atoms with Gasteiger partial charge in [-0.3, -0.25) is 0 Å². The molecule has 0 fully saturated rings. The molecule has 0 aliphatic carbocycles. The summed E-state index contributed by atoms with van der Waals surface area (Å²) in [5.41, 5.74) is 0.738. The molecule has 1 aromatic carbocycles. The number of rotatable bonds is 6. The van der Waals surface area contributed by atoms with Crippen molar-refractivity contribution in [2.75, 3.05) is 7.11 Å². The predicted molar refractivity (Wildman–Crippen MR) is 88.4 cm³/mol. The van der Waals surface area contributed by atoms with Crippen LogP contribution in [0.15, 0.2) is 29.6 Å². The normalized spacial score (nSPS) is 12.6. The molecule has 0 amide bonds. The van der Waals surface area contributed by atoms with Gasteiger partial charge >= 0.3 is 0 Å². The Hall–Kier alpha value is -1.23. The van der Waals surface area contributed by atoms with E-state index >= 15 is 0 Å². The second kappa shape index (κ2) is 7.16. The zero-order valence-corrected chi connectivity index (χ0v) is 14.0. The van der Waals surface area contributed by atoms with Gasteiger partial charge < -0.3 is 15.2 Å². The van der Waals surface area contributed by atoms with Crippen molar-refractivity contribution in [3.63, 3.8) is 0 Å². The number of aromatic hydroxyl groups is 1. The second-order valence-corrected chi connectivity index (χ2v) is 6.65. The maximum absolute atomic E-state index is 10.2. The van der Waals surface area contributed by atoms with E-state index in [9.17, 15) is 5.11 Å². The molecule has 1 atom stereocenters. The molecule has 114 valence electrons. The topological polar surface area (TPSA) is 41.5 Å². The van der Waals surface area contributed by atoms with Crippen LogP contribution >= 0.6 is 22.9 Å². The van der Waals surface area contributed by atoms with Crippen molar-refractivity contribution in [1.29, 1.82) is 0 Å². The minimum atomic E-state index is 0.142. The number of nitrogens with one attached hydrogen (secondary N) is 1. The molecule has 0 spiro atoms. The fraction of sp³-hybridized carbons (Fsp3) is 0.375. The maximum atomic E-state index is 10.2. The van der Waals surface area contributed by atoms with E-state index < -0.39 is 0 Å². The summed E-state index contributed by atoms with van der Waals surface area (Å²) in [5, 5.41) is 16.3. The van der Waals surface area contributed by atoms with E-state index in [0.717, 1.165) is 5.56 Å². The van der Waals surface area contributed by atoms with Crippen LogP contribution in [0.4, 0.5) is 0 Å². The molecule has 0 saturated heterocycles. The Morgan fingerprint density at radius 3 is 2.71 bits per heavy atom. The van der Waals surface area contributed by atoms with Crippen LogP contribution in [-0.2, 0) is 6.54 Å². The lowest BCUT2D eigenvalue weighted by molar-refractivity contribution is 0.365. The lowest BCUT2D eigenvalue weighted by atomic mass is 10.0. The Kier molecular flexibility index (Phi) is 5.51. The minimum Gasteiger partial charge on any atom is -0.504 e. The van der Waals surface area contributed by atoms with Crippen LogP contribution in [0.2, 0.25) is 5.02 Å². The van der Waals surface area contributed by atoms with Crippen molar-refractivity contribution in [1.82, 2.24) is 5.32 Å². The average molecular weight is 326 g/mol. The molecule has 1 aromatic heterocycles. The Balaban J connectivity index is 2.16. The number of hydrogen-bond acceptors (Lipinski definition) is 4. The summed E-state index contributed by atoms with van der Waals surface area (Å²) in [6.45, 7) is 4.88. The molecular formula is C16H20ClNO2S. The van der Waals surface area contributed by atoms with E-state index in [0.29, 0.717) is 23.2 Å². The molecular weight excluding hydrogens is 306 g/mol. The molecule has 0 bridgehead atoms. The number of ether oxygens (including phenoxy) is 1. The molecule has 2 rings (SSSR count). The molecule has 2 N–H and O–H groups in total. The SMILES string of the molecule is COc1cc(Cl)cc(CNC(c2cccs2)C(C)C)c1O. The van der Waals surface area contributed by atoms with E-state index in [2.05, 4.69) is 36.7 Å². The van der Waals surface area contributed by atoms with Crippen molar-refractivity contribution in [3.05, 3.63) is 45.1 Å². The first kappa shape index (κ1) is 16.1. The van der Waals surface area contributed by atoms with Crippen LogP contribution in [0.5, 0.6) is 11.5 Å². The molecule has 3 nitrogen and oxygen atoms in total. The van der Waals surface area contributed by atoms with Crippen molar-refractivity contribution < 1.29 is 9.84 Å². The molecule has 0 saturated carbocycles. The molecule has 21 heavy (non-hydrogen) atoms. The third kappa shape index (κ3) is 3.90. The average Bonchev–Trinajstić information content (AvgIpc) is 2.95. The highest BCUT2D eigenvalue weighted by Crippen LogP contribution is 2.34. The van der Waals surface area contributed by atoms with Gasteiger partial charge in [-0.05, 0) is 23.4 Å². The van der Waals surface area contributed by atoms with Gasteiger partial charge in [-0.1, -0.05) is 31.5 Å². The fourth-order valence-electron chi connectivity index (χ4n) is 2.27. The number of hydrogen-bond donors (Lipinski definition) is 2. The van der Waals surface area contributed by atoms with Crippen LogP contribution in [-0.4, -0.2) is 12.2 Å². The number of methoxy groups -OCH3 is 1. The monoisotopic (exact) mass is 325 g/mol. The number of phenols is 1. The smallest absolute Gasteiger partial charge is 0.162 e. The highest BCUT2D eigenvalue weighted by molar-refractivity contribution is 7.10. The quantitative estimate of drug-likeness (QED) is 0.815. The molecule has 5 heteroatoms. The number of halogens is 1. The molecule has 0 aliphatic heterocycles. The van der Waals surface area contributed by atoms with Crippen molar-refractivity contribution in [2.24, 2.45) is 5.92 Å². The van der Waals surface area contributed by atoms with Crippen molar-refractivity contribution in [2.45, 2.75) is 26.4 Å². The molecule has 1 heterocycles. The zero-order chi connectivity index (χ0) is 15.4. The van der Waals surface area contributed by atoms with Gasteiger partial charge in [-0.25, -0.2) is 0 Å². The van der Waals surface area contributed by atoms with Gasteiger partial charge in [0.1, 0.15) is 0 Å². The lowest BCUT2D eigenvalue weighted by Crippen LogP contribution is -2.24. The summed E-state index contributed by atoms with van der Waals surface area (Å²) >= 11 is 7.80. The van der Waals surface area contributed by atoms with Crippen LogP contribution in [0, 0.1) is 5.92 Å². The maximum Gasteiger partial charge on any atom is 0.162 e. The molecule has 1 unspecified atom stereocenters. The predicted octanol–water partition coefficient (Wildman–Crippen LogP) is 4.60. The van der Waals surface area contributed by atoms with Crippen molar-refractivity contribution >= 4 is 22.9 Å². The third-order valence-electron chi connectivity index (χ3n) is 3.37. The Bertz CT molecular complexity index is 584. The largest absolute Gasteiger partial charge is 0.504 e. The van der Waals surface area contributed by atoms with Crippen LogP contribution in [0.25, 0.3) is 0 Å². The molecule has 2 aromatic rings. The highest BCUT2D eigenvalue weighted by atomic mass is 35.5. The minimum absolute atomic E-state index is 0.142. The van der Waals surface area contributed by atoms with Gasteiger partial charge in [-0.2, -0.15) is 0 Å². The van der Waals surface area contributed by atoms with E-state index in [1.807, 2.05) is 0 Å². The summed E-state index contributed by atoms with van der Waals surface area (Å²) in [6, 6.07) is 7.80. The standard InChI is InChI=1S/C16H20ClNO2S/c1-10(2)15(14-5-4-6-21-14)18-9-11-7-12(17)8-13(20-3)16(11)19/h4-8,10,15,18-19H,9H2,1-3H3. The zero-order valence-electron chi connectivity index (χ0n) is 12.4. The number of thiophene rings is 1. The number of phenolic OH excluding ortho intramolecular Hbond substituents is 1. The van der Waals surface area contributed by atoms with Gasteiger partial charge in [0.05, 0.1) is 7.11 Å². The summed E-state index contributed by atoms with van der Waals surface area (Å²) in [5.74, 6) is 0.992. The summed E-state index contributed by atoms with van der Waals surface area (Å²) in [7, 11) is 1.52. The van der Waals surface area contributed by atoms with Crippen LogP contribution in [0.1, 0.15) is 30.3 Å². The van der Waals surface area contributed by atoms with Crippen LogP contribution < -0.4 is 10.1 Å². The van der Waals surface area contributed by atoms with E-state index in [1.54, 1.807) is 23.5 Å². The summed E-state index contributed by atoms with van der Waals surface area (Å²) in [4.78, 5) is 1.29. The summed E-state index contributed by atoms with van der Waals surface area (Å²) in [6.07, 6.45) is 0. The highest BCUT2D eigenvalue weighted by Gasteiger charge is 2.18. The first-order chi connectivity index (χ1) is 10.0. The Labute approximate surface area is 134 Å². The van der Waals surface area contributed by atoms with E-state index in [-0.39, 0.29) is 11.8 Å². The van der Waals surface area contributed by atoms with E-state index in [4.69, 9.17) is 16.3 Å². The van der Waals surface area contributed by atoms with Gasteiger partial charge in [0.25, 0.3) is 0 Å². The first-order valence-corrected chi connectivity index (χ1v) is 8.10. The Morgan fingerprint density at radius 2 is 2.14 bits per heavy atom. The second-order valence-electron chi connectivity index (χ2n) is 5.23. The van der Waals surface area contributed by atoms with Gasteiger partial charge in [-0.15, -0.1) is 11.3 Å². The third-order valence-corrected chi connectivity index (χ3v) is 4.54. The fourth-order valence-corrected chi connectivity index (χ4v) is 3.48. The Morgan fingerprint density at radius 1 is 1.38 bits per heavy atom. The van der Waals surface area contributed by atoms with Gasteiger partial charge in [0.2, 0.25) is 0 Å². The summed E-state index contributed by atoms with van der Waals surface area (Å²) < 4.78 is 5.13. The lowest BCUT2D eigenvalue weighted by Gasteiger charge is -2.22. The molecule has 0 radical (unpaired) electrons. The van der Waals surface area contributed by atoms with Crippen molar-refractivity contribution in [3.8, 4) is 11.5 Å². The van der Waals surface area contributed by atoms with E-state index in [1.165, 1.54) is 12.0 Å². The van der Waals surface area contributed by atoms with Gasteiger partial charge in [0.15, 0.2) is 11.5 Å². The van der Waals surface area contributed by atoms with Gasteiger partial charge in [0, 0.05) is 34.1 Å². The number of benzene rings is 1.